The molecule has 0 atom stereocenters. The van der Waals surface area contributed by atoms with E-state index in [0.717, 1.165) is 32.3 Å². The van der Waals surface area contributed by atoms with Gasteiger partial charge in [-0.15, -0.1) is 5.10 Å². The van der Waals surface area contributed by atoms with Crippen LogP contribution < -0.4 is 0 Å². The van der Waals surface area contributed by atoms with E-state index in [1.165, 1.54) is 11.8 Å². The summed E-state index contributed by atoms with van der Waals surface area (Å²) in [6.07, 6.45) is 0. The summed E-state index contributed by atoms with van der Waals surface area (Å²) >= 11 is 1.26. The molecule has 4 rings (SSSR count). The van der Waals surface area contributed by atoms with Gasteiger partial charge in [-0.25, -0.2) is 4.68 Å². The Kier molecular flexibility index (Phi) is 4.34. The van der Waals surface area contributed by atoms with E-state index >= 15 is 0 Å². The second-order valence-corrected chi connectivity index (χ2v) is 7.23. The lowest BCUT2D eigenvalue weighted by Gasteiger charge is -2.15. The number of hydrogen-bond acceptors (Lipinski definition) is 4. The smallest absolute Gasteiger partial charge is 0.285 e. The van der Waals surface area contributed by atoms with Crippen molar-refractivity contribution in [3.8, 4) is 0 Å². The average Bonchev–Trinajstić information content (AvgIpc) is 3.06. The molecule has 4 aromatic rings. The molecule has 0 radical (unpaired) electrons. The summed E-state index contributed by atoms with van der Waals surface area (Å²) in [5.41, 5.74) is 2.90. The number of amides is 1. The van der Waals surface area contributed by atoms with Gasteiger partial charge in [-0.1, -0.05) is 53.7 Å². The van der Waals surface area contributed by atoms with Crippen LogP contribution >= 0.6 is 11.8 Å². The third kappa shape index (κ3) is 3.04. The summed E-state index contributed by atoms with van der Waals surface area (Å²) in [7, 11) is 3.54. The molecule has 0 saturated heterocycles. The average molecular weight is 362 g/mol. The summed E-state index contributed by atoms with van der Waals surface area (Å²) in [5, 5.41) is 10.7. The third-order valence-corrected chi connectivity index (χ3v) is 5.48. The highest BCUT2D eigenvalue weighted by atomic mass is 32.2. The number of para-hydroxylation sites is 1. The molecule has 1 heterocycles. The van der Waals surface area contributed by atoms with Crippen LogP contribution in [0.2, 0.25) is 0 Å². The van der Waals surface area contributed by atoms with Crippen LogP contribution in [0.3, 0.4) is 0 Å². The molecular weight excluding hydrogens is 344 g/mol. The molecule has 0 fully saturated rings. The van der Waals surface area contributed by atoms with Gasteiger partial charge >= 0.3 is 0 Å². The molecule has 0 spiro atoms. The van der Waals surface area contributed by atoms with Gasteiger partial charge in [0.1, 0.15) is 5.52 Å². The number of fused-ring (bicyclic) bond motifs is 2. The fourth-order valence-corrected chi connectivity index (χ4v) is 3.82. The molecule has 1 amide bonds. The van der Waals surface area contributed by atoms with Crippen molar-refractivity contribution >= 4 is 38.8 Å². The van der Waals surface area contributed by atoms with Crippen LogP contribution in [0.4, 0.5) is 4.79 Å². The van der Waals surface area contributed by atoms with Crippen LogP contribution in [0.25, 0.3) is 21.8 Å². The minimum Gasteiger partial charge on any atom is -0.339 e. The Bertz CT molecular complexity index is 1100. The first-order valence-corrected chi connectivity index (χ1v) is 9.13. The van der Waals surface area contributed by atoms with Crippen LogP contribution in [0.15, 0.2) is 65.6 Å². The van der Waals surface area contributed by atoms with E-state index in [0.29, 0.717) is 6.54 Å². The number of carbonyl (C=O) groups excluding carboxylic acids is 1. The molecule has 0 N–H and O–H groups in total. The first-order chi connectivity index (χ1) is 12.6. The number of nitrogens with zero attached hydrogens (tertiary/aromatic N) is 4. The minimum absolute atomic E-state index is 0.00560. The number of hydrogen-bond donors (Lipinski definition) is 0. The Morgan fingerprint density at radius 1 is 1.04 bits per heavy atom. The van der Waals surface area contributed by atoms with E-state index in [9.17, 15) is 4.79 Å². The molecule has 26 heavy (non-hydrogen) atoms. The van der Waals surface area contributed by atoms with Gasteiger partial charge in [-0.3, -0.25) is 4.79 Å². The molecule has 0 aliphatic rings. The zero-order chi connectivity index (χ0) is 18.1. The maximum Gasteiger partial charge on any atom is 0.285 e. The van der Waals surface area contributed by atoms with Crippen molar-refractivity contribution in [3.63, 3.8) is 0 Å². The standard InChI is InChI=1S/C20H18N4OS/c1-23(2)20(25)26-19-15(12-11-14-7-3-4-8-16(14)19)13-24-18-10-6-5-9-17(18)21-22-24/h3-12H,13H2,1-2H3. The normalized spacial score (nSPS) is 11.2. The lowest BCUT2D eigenvalue weighted by molar-refractivity contribution is 0.241. The van der Waals surface area contributed by atoms with Crippen LogP contribution in [0, 0.1) is 0 Å². The summed E-state index contributed by atoms with van der Waals surface area (Å²) < 4.78 is 1.88. The van der Waals surface area contributed by atoms with E-state index in [4.69, 9.17) is 0 Å². The number of benzene rings is 3. The maximum absolute atomic E-state index is 12.4. The first-order valence-electron chi connectivity index (χ1n) is 8.31. The molecule has 0 saturated carbocycles. The van der Waals surface area contributed by atoms with Crippen molar-refractivity contribution in [2.75, 3.05) is 14.1 Å². The van der Waals surface area contributed by atoms with Gasteiger partial charge < -0.3 is 4.90 Å². The molecule has 0 aliphatic heterocycles. The SMILES string of the molecule is CN(C)C(=O)Sc1c(Cn2nnc3ccccc32)ccc2ccccc12. The monoisotopic (exact) mass is 362 g/mol. The second-order valence-electron chi connectivity index (χ2n) is 6.27. The Morgan fingerprint density at radius 2 is 1.81 bits per heavy atom. The van der Waals surface area contributed by atoms with Gasteiger partial charge in [0.25, 0.3) is 5.24 Å². The second kappa shape index (κ2) is 6.80. The van der Waals surface area contributed by atoms with E-state index in [1.807, 2.05) is 41.1 Å². The zero-order valence-electron chi connectivity index (χ0n) is 14.6. The van der Waals surface area contributed by atoms with Crippen LogP contribution in [0.5, 0.6) is 0 Å². The van der Waals surface area contributed by atoms with Crippen molar-refractivity contribution in [1.82, 2.24) is 19.9 Å². The lowest BCUT2D eigenvalue weighted by atomic mass is 10.1. The van der Waals surface area contributed by atoms with Gasteiger partial charge in [-0.05, 0) is 40.2 Å². The van der Waals surface area contributed by atoms with Gasteiger partial charge in [0.05, 0.1) is 12.1 Å². The van der Waals surface area contributed by atoms with E-state index in [1.54, 1.807) is 19.0 Å². The summed E-state index contributed by atoms with van der Waals surface area (Å²) in [6.45, 7) is 0.564. The largest absolute Gasteiger partial charge is 0.339 e. The number of carbonyl (C=O) groups is 1. The summed E-state index contributed by atoms with van der Waals surface area (Å²) in [4.78, 5) is 14.9. The molecule has 130 valence electrons. The molecular formula is C20H18N4OS. The van der Waals surface area contributed by atoms with Crippen LogP contribution in [0.1, 0.15) is 5.56 Å². The Labute approximate surface area is 155 Å². The topological polar surface area (TPSA) is 51.0 Å². The van der Waals surface area contributed by atoms with Crippen molar-refractivity contribution < 1.29 is 4.79 Å². The van der Waals surface area contributed by atoms with Crippen molar-refractivity contribution in [3.05, 3.63) is 66.2 Å². The quantitative estimate of drug-likeness (QED) is 0.507. The zero-order valence-corrected chi connectivity index (χ0v) is 15.4. The van der Waals surface area contributed by atoms with Gasteiger partial charge in [0, 0.05) is 19.0 Å². The van der Waals surface area contributed by atoms with Crippen LogP contribution in [-0.4, -0.2) is 39.2 Å². The Morgan fingerprint density at radius 3 is 2.65 bits per heavy atom. The molecule has 1 aromatic heterocycles. The molecule has 0 unspecified atom stereocenters. The fraction of sp³-hybridized carbons (Fsp3) is 0.150. The highest BCUT2D eigenvalue weighted by Gasteiger charge is 2.16. The van der Waals surface area contributed by atoms with E-state index in [-0.39, 0.29) is 5.24 Å². The van der Waals surface area contributed by atoms with Crippen molar-refractivity contribution in [2.45, 2.75) is 11.4 Å². The highest BCUT2D eigenvalue weighted by Crippen LogP contribution is 2.33. The third-order valence-electron chi connectivity index (χ3n) is 4.26. The van der Waals surface area contributed by atoms with Crippen molar-refractivity contribution in [2.24, 2.45) is 0 Å². The van der Waals surface area contributed by atoms with E-state index < -0.39 is 0 Å². The van der Waals surface area contributed by atoms with Gasteiger partial charge in [0.15, 0.2) is 0 Å². The highest BCUT2D eigenvalue weighted by molar-refractivity contribution is 8.13. The molecule has 5 nitrogen and oxygen atoms in total. The molecule has 0 aliphatic carbocycles. The van der Waals surface area contributed by atoms with Gasteiger partial charge in [0.2, 0.25) is 0 Å². The molecule has 6 heteroatoms. The number of aromatic nitrogens is 3. The minimum atomic E-state index is 0.00560. The summed E-state index contributed by atoms with van der Waals surface area (Å²) in [6, 6.07) is 20.2. The summed E-state index contributed by atoms with van der Waals surface area (Å²) in [5.74, 6) is 0. The first kappa shape index (κ1) is 16.6. The molecule has 0 bridgehead atoms. The van der Waals surface area contributed by atoms with E-state index in [2.05, 4.69) is 34.6 Å². The predicted molar refractivity (Wildman–Crippen MR) is 106 cm³/mol. The van der Waals surface area contributed by atoms with Crippen molar-refractivity contribution in [1.29, 1.82) is 0 Å². The van der Waals surface area contributed by atoms with Gasteiger partial charge in [-0.2, -0.15) is 0 Å². The molecule has 3 aromatic carbocycles. The Balaban J connectivity index is 1.82. The number of rotatable bonds is 3. The number of thioether (sulfide) groups is 1. The Hall–Kier alpha value is -2.86. The predicted octanol–water partition coefficient (Wildman–Crippen LogP) is 4.41. The lowest BCUT2D eigenvalue weighted by Crippen LogP contribution is -2.16. The maximum atomic E-state index is 12.4. The van der Waals surface area contributed by atoms with Crippen LogP contribution in [-0.2, 0) is 6.54 Å². The fourth-order valence-electron chi connectivity index (χ4n) is 2.91.